The van der Waals surface area contributed by atoms with Gasteiger partial charge in [-0.2, -0.15) is 9.97 Å². The highest BCUT2D eigenvalue weighted by Gasteiger charge is 2.12. The summed E-state index contributed by atoms with van der Waals surface area (Å²) in [6.07, 6.45) is 0. The van der Waals surface area contributed by atoms with Gasteiger partial charge >= 0.3 is 0 Å². The summed E-state index contributed by atoms with van der Waals surface area (Å²) in [5, 5.41) is 1.72. The first-order valence-electron chi connectivity index (χ1n) is 11.4. The summed E-state index contributed by atoms with van der Waals surface area (Å²) in [6, 6.07) is 18.9. The van der Waals surface area contributed by atoms with Crippen molar-refractivity contribution >= 4 is 22.4 Å². The highest BCUT2D eigenvalue weighted by molar-refractivity contribution is 6.28. The topological polar surface area (TPSA) is 38.7 Å². The van der Waals surface area contributed by atoms with Gasteiger partial charge in [-0.15, -0.1) is 0 Å². The zero-order chi connectivity index (χ0) is 24.0. The lowest BCUT2D eigenvalue weighted by Gasteiger charge is -2.09. The van der Waals surface area contributed by atoms with Crippen molar-refractivity contribution in [3.8, 4) is 33.9 Å². The highest BCUT2D eigenvalue weighted by atomic mass is 35.5. The number of halogens is 1. The van der Waals surface area contributed by atoms with Gasteiger partial charge in [-0.25, -0.2) is 4.98 Å². The summed E-state index contributed by atoms with van der Waals surface area (Å²) in [5.74, 6) is 0.878. The molecule has 5 aromatic rings. The Morgan fingerprint density at radius 3 is 2.28 bits per heavy atom. The second kappa shape index (κ2) is 7.46. The van der Waals surface area contributed by atoms with E-state index in [9.17, 15) is 0 Å². The lowest BCUT2D eigenvalue weighted by Crippen LogP contribution is -1.97. The fourth-order valence-electron chi connectivity index (χ4n) is 3.22. The molecule has 0 bridgehead atoms. The minimum Gasteiger partial charge on any atom is -0.208 e. The molecule has 0 N–H and O–H groups in total. The Morgan fingerprint density at radius 2 is 1.45 bits per heavy atom. The van der Waals surface area contributed by atoms with E-state index in [4.69, 9.17) is 18.5 Å². The van der Waals surface area contributed by atoms with Crippen molar-refractivity contribution in [2.45, 2.75) is 0 Å². The summed E-state index contributed by atoms with van der Waals surface area (Å²) in [6.45, 7) is 0. The molecule has 0 saturated carbocycles. The van der Waals surface area contributed by atoms with Crippen LogP contribution in [0.5, 0.6) is 0 Å². The molecule has 29 heavy (non-hydrogen) atoms. The normalized spacial score (nSPS) is 13.3. The Bertz CT molecular complexity index is 1550. The Hall–Kier alpha value is -3.56. The number of fused-ring (bicyclic) bond motifs is 1. The largest absolute Gasteiger partial charge is 0.226 e. The van der Waals surface area contributed by atoms with Crippen LogP contribution in [0.3, 0.4) is 0 Å². The SMILES string of the molecule is [2H]c1c([2H])c([2H])c(-c2ccc3c(-c4nc(Cl)nc(-c5ccccc5)n4)cccc3c2)c([2H])c1[2H]. The van der Waals surface area contributed by atoms with Crippen LogP contribution < -0.4 is 0 Å². The van der Waals surface area contributed by atoms with Gasteiger partial charge < -0.3 is 0 Å². The van der Waals surface area contributed by atoms with E-state index in [0.29, 0.717) is 17.2 Å². The zero-order valence-corrected chi connectivity index (χ0v) is 15.8. The zero-order valence-electron chi connectivity index (χ0n) is 20.1. The van der Waals surface area contributed by atoms with Crippen molar-refractivity contribution < 1.29 is 6.85 Å². The molecule has 4 aromatic carbocycles. The summed E-state index contributed by atoms with van der Waals surface area (Å²) in [5.41, 5.74) is 2.25. The van der Waals surface area contributed by atoms with Crippen LogP contribution in [0.15, 0.2) is 96.9 Å². The molecule has 0 aliphatic heterocycles. The molecule has 0 aliphatic carbocycles. The van der Waals surface area contributed by atoms with Gasteiger partial charge in [-0.1, -0.05) is 90.9 Å². The van der Waals surface area contributed by atoms with Crippen molar-refractivity contribution in [1.29, 1.82) is 0 Å². The van der Waals surface area contributed by atoms with Crippen LogP contribution in [0.2, 0.25) is 5.28 Å². The number of rotatable bonds is 3. The maximum atomic E-state index is 8.27. The fraction of sp³-hybridized carbons (Fsp3) is 0. The molecular formula is C25H16ClN3. The average molecular weight is 399 g/mol. The van der Waals surface area contributed by atoms with Crippen LogP contribution in [0, 0.1) is 0 Å². The van der Waals surface area contributed by atoms with Crippen LogP contribution in [-0.2, 0) is 0 Å². The van der Waals surface area contributed by atoms with E-state index in [2.05, 4.69) is 15.0 Å². The van der Waals surface area contributed by atoms with Gasteiger partial charge in [-0.3, -0.25) is 0 Å². The van der Waals surface area contributed by atoms with Gasteiger partial charge in [0.05, 0.1) is 6.85 Å². The molecular weight excluding hydrogens is 378 g/mol. The third-order valence-electron chi connectivity index (χ3n) is 4.55. The lowest BCUT2D eigenvalue weighted by molar-refractivity contribution is 1.07. The number of aromatic nitrogens is 3. The maximum absolute atomic E-state index is 8.27. The summed E-state index contributed by atoms with van der Waals surface area (Å²) in [7, 11) is 0. The molecule has 0 unspecified atom stereocenters. The van der Waals surface area contributed by atoms with E-state index in [1.54, 1.807) is 12.1 Å². The van der Waals surface area contributed by atoms with Gasteiger partial charge in [0.1, 0.15) is 0 Å². The Morgan fingerprint density at radius 1 is 0.655 bits per heavy atom. The van der Waals surface area contributed by atoms with Crippen LogP contribution in [-0.4, -0.2) is 15.0 Å². The molecule has 0 atom stereocenters. The van der Waals surface area contributed by atoms with Crippen LogP contribution >= 0.6 is 11.6 Å². The van der Waals surface area contributed by atoms with Crippen LogP contribution in [0.25, 0.3) is 44.7 Å². The standard InChI is InChI=1S/C25H16ClN3/c26-25-28-23(18-10-5-2-6-11-18)27-24(29-25)22-13-7-12-20-16-19(14-15-21(20)22)17-8-3-1-4-9-17/h1-16H/i1D,3D,4D,8D,9D. The smallest absolute Gasteiger partial charge is 0.208 e. The number of nitrogens with zero attached hydrogens (tertiary/aromatic N) is 3. The average Bonchev–Trinajstić information content (AvgIpc) is 2.86. The monoisotopic (exact) mass is 398 g/mol. The van der Waals surface area contributed by atoms with Crippen molar-refractivity contribution in [3.05, 3.63) is 102 Å². The molecule has 0 amide bonds. The van der Waals surface area contributed by atoms with Crippen LogP contribution in [0.1, 0.15) is 6.85 Å². The summed E-state index contributed by atoms with van der Waals surface area (Å²) in [4.78, 5) is 13.2. The van der Waals surface area contributed by atoms with Gasteiger partial charge in [0, 0.05) is 11.1 Å². The second-order valence-corrected chi connectivity index (χ2v) is 6.70. The first kappa shape index (κ1) is 12.8. The molecule has 3 nitrogen and oxygen atoms in total. The molecule has 4 heteroatoms. The van der Waals surface area contributed by atoms with E-state index < -0.39 is 6.04 Å². The van der Waals surface area contributed by atoms with Gasteiger partial charge in [-0.05, 0) is 39.6 Å². The van der Waals surface area contributed by atoms with Crippen molar-refractivity contribution in [3.63, 3.8) is 0 Å². The van der Waals surface area contributed by atoms with E-state index in [0.717, 1.165) is 21.9 Å². The number of hydrogen-bond donors (Lipinski definition) is 0. The molecule has 0 fully saturated rings. The van der Waals surface area contributed by atoms with Crippen LogP contribution in [0.4, 0.5) is 0 Å². The van der Waals surface area contributed by atoms with Gasteiger partial charge in [0.25, 0.3) is 0 Å². The minimum atomic E-state index is -0.414. The van der Waals surface area contributed by atoms with Crippen molar-refractivity contribution in [2.75, 3.05) is 0 Å². The molecule has 138 valence electrons. The van der Waals surface area contributed by atoms with Crippen molar-refractivity contribution in [2.24, 2.45) is 0 Å². The van der Waals surface area contributed by atoms with Crippen molar-refractivity contribution in [1.82, 2.24) is 15.0 Å². The van der Waals surface area contributed by atoms with E-state index >= 15 is 0 Å². The number of benzene rings is 4. The third kappa shape index (κ3) is 3.48. The Kier molecular flexibility index (Phi) is 3.29. The summed E-state index contributed by atoms with van der Waals surface area (Å²) < 4.78 is 40.3. The number of hydrogen-bond acceptors (Lipinski definition) is 3. The molecule has 0 saturated heterocycles. The fourth-order valence-corrected chi connectivity index (χ4v) is 3.38. The molecule has 0 spiro atoms. The van der Waals surface area contributed by atoms with E-state index in [-0.39, 0.29) is 35.0 Å². The first-order valence-corrected chi connectivity index (χ1v) is 9.30. The molecule has 1 heterocycles. The predicted octanol–water partition coefficient (Wildman–Crippen LogP) is 6.68. The predicted molar refractivity (Wildman–Crippen MR) is 119 cm³/mol. The van der Waals surface area contributed by atoms with E-state index in [1.807, 2.05) is 54.6 Å². The molecule has 0 aliphatic rings. The second-order valence-electron chi connectivity index (χ2n) is 6.36. The molecule has 1 aromatic heterocycles. The highest BCUT2D eigenvalue weighted by Crippen LogP contribution is 2.31. The Balaban J connectivity index is 1.67. The third-order valence-corrected chi connectivity index (χ3v) is 4.72. The minimum absolute atomic E-state index is 0.0802. The lowest BCUT2D eigenvalue weighted by atomic mass is 9.98. The van der Waals surface area contributed by atoms with E-state index in [1.165, 1.54) is 0 Å². The maximum Gasteiger partial charge on any atom is 0.226 e. The Labute approximate surface area is 180 Å². The molecule has 5 rings (SSSR count). The van der Waals surface area contributed by atoms with Gasteiger partial charge in [0.2, 0.25) is 5.28 Å². The molecule has 0 radical (unpaired) electrons. The summed E-state index contributed by atoms with van der Waals surface area (Å²) >= 11 is 6.23. The first-order chi connectivity index (χ1) is 16.3. The quantitative estimate of drug-likeness (QED) is 0.340. The van der Waals surface area contributed by atoms with Gasteiger partial charge in [0.15, 0.2) is 11.6 Å².